The number of hydrogen-bond donors (Lipinski definition) is 3. The van der Waals surface area contributed by atoms with Gasteiger partial charge in [0.25, 0.3) is 0 Å². The molecule has 2 aromatic carbocycles. The van der Waals surface area contributed by atoms with Crippen molar-refractivity contribution in [2.75, 3.05) is 10.6 Å². The average Bonchev–Trinajstić information content (AvgIpc) is 3.25. The van der Waals surface area contributed by atoms with Crippen LogP contribution in [0.4, 0.5) is 20.3 Å². The van der Waals surface area contributed by atoms with E-state index in [1.54, 1.807) is 24.3 Å². The molecule has 30 heavy (non-hydrogen) atoms. The fraction of sp³-hybridized carbons (Fsp3) is 0.0952. The molecule has 4 aromatic rings. The Morgan fingerprint density at radius 3 is 2.47 bits per heavy atom. The van der Waals surface area contributed by atoms with Gasteiger partial charge < -0.3 is 10.6 Å². The van der Waals surface area contributed by atoms with Crippen molar-refractivity contribution in [1.29, 1.82) is 0 Å². The van der Waals surface area contributed by atoms with Crippen LogP contribution < -0.4 is 10.6 Å². The van der Waals surface area contributed by atoms with E-state index >= 15 is 0 Å². The van der Waals surface area contributed by atoms with Crippen molar-refractivity contribution in [3.63, 3.8) is 0 Å². The Balaban J connectivity index is 1.41. The third kappa shape index (κ3) is 4.69. The van der Waals surface area contributed by atoms with Crippen molar-refractivity contribution in [1.82, 2.24) is 10.2 Å². The molecule has 0 saturated heterocycles. The number of benzene rings is 2. The normalized spacial score (nSPS) is 10.9. The predicted molar refractivity (Wildman–Crippen MR) is 111 cm³/mol. The first-order valence-electron chi connectivity index (χ1n) is 9.03. The van der Waals surface area contributed by atoms with Gasteiger partial charge in [0.1, 0.15) is 22.3 Å². The molecule has 2 amide bonds. The molecule has 152 valence electrons. The molecule has 2 heterocycles. The Morgan fingerprint density at radius 1 is 0.933 bits per heavy atom. The highest BCUT2D eigenvalue weighted by Crippen LogP contribution is 2.29. The van der Waals surface area contributed by atoms with Crippen LogP contribution in [0.25, 0.3) is 10.2 Å². The van der Waals surface area contributed by atoms with E-state index in [-0.39, 0.29) is 30.5 Å². The van der Waals surface area contributed by atoms with Crippen LogP contribution in [0.2, 0.25) is 0 Å². The predicted octanol–water partition coefficient (Wildman–Crippen LogP) is 4.27. The summed E-state index contributed by atoms with van der Waals surface area (Å²) in [5, 5.41) is 13.0. The van der Waals surface area contributed by atoms with E-state index < -0.39 is 5.82 Å². The third-order valence-corrected chi connectivity index (χ3v) is 5.32. The number of amides is 2. The van der Waals surface area contributed by atoms with Gasteiger partial charge in [-0.25, -0.2) is 8.78 Å². The average molecular weight is 426 g/mol. The van der Waals surface area contributed by atoms with Crippen molar-refractivity contribution in [2.24, 2.45) is 0 Å². The Hall–Kier alpha value is -3.59. The Bertz CT molecular complexity index is 1220. The molecule has 0 aliphatic heterocycles. The number of halogens is 2. The number of rotatable bonds is 6. The zero-order valence-electron chi connectivity index (χ0n) is 15.5. The third-order valence-electron chi connectivity index (χ3n) is 4.29. The molecule has 6 nitrogen and oxygen atoms in total. The smallest absolute Gasteiger partial charge is 0.229 e. The highest BCUT2D eigenvalue weighted by Gasteiger charge is 2.15. The monoisotopic (exact) mass is 426 g/mol. The molecule has 0 bridgehead atoms. The van der Waals surface area contributed by atoms with E-state index in [2.05, 4.69) is 20.8 Å². The van der Waals surface area contributed by atoms with E-state index in [0.29, 0.717) is 27.3 Å². The summed E-state index contributed by atoms with van der Waals surface area (Å²) < 4.78 is 26.2. The number of aromatic amines is 1. The van der Waals surface area contributed by atoms with Crippen molar-refractivity contribution < 1.29 is 18.4 Å². The molecule has 9 heteroatoms. The summed E-state index contributed by atoms with van der Waals surface area (Å²) >= 11 is 1.32. The lowest BCUT2D eigenvalue weighted by molar-refractivity contribution is -0.116. The summed E-state index contributed by atoms with van der Waals surface area (Å²) in [6.45, 7) is 0. The lowest BCUT2D eigenvalue weighted by Crippen LogP contribution is -2.15. The van der Waals surface area contributed by atoms with Crippen molar-refractivity contribution in [2.45, 2.75) is 12.8 Å². The summed E-state index contributed by atoms with van der Waals surface area (Å²) in [4.78, 5) is 25.9. The number of nitrogens with one attached hydrogen (secondary N) is 3. The van der Waals surface area contributed by atoms with E-state index in [1.807, 2.05) is 0 Å². The molecule has 0 saturated carbocycles. The number of carbonyl (C=O) groups is 2. The number of anilines is 2. The highest BCUT2D eigenvalue weighted by molar-refractivity contribution is 7.18. The van der Waals surface area contributed by atoms with Crippen LogP contribution in [-0.2, 0) is 22.4 Å². The van der Waals surface area contributed by atoms with Crippen LogP contribution in [0.15, 0.2) is 54.6 Å². The fourth-order valence-electron chi connectivity index (χ4n) is 2.94. The summed E-state index contributed by atoms with van der Waals surface area (Å²) in [6.07, 6.45) is 0.189. The minimum Gasteiger partial charge on any atom is -0.326 e. The van der Waals surface area contributed by atoms with Crippen molar-refractivity contribution >= 4 is 44.9 Å². The van der Waals surface area contributed by atoms with E-state index in [9.17, 15) is 18.4 Å². The molecular formula is C21H16F2N4O2S. The molecule has 0 unspecified atom stereocenters. The van der Waals surface area contributed by atoms with Gasteiger partial charge >= 0.3 is 0 Å². The number of H-pyrrole nitrogens is 1. The molecule has 0 aliphatic carbocycles. The zero-order chi connectivity index (χ0) is 21.1. The summed E-state index contributed by atoms with van der Waals surface area (Å²) in [5.74, 6) is -0.908. The molecule has 0 aliphatic rings. The summed E-state index contributed by atoms with van der Waals surface area (Å²) in [7, 11) is 0. The molecule has 2 aromatic heterocycles. The van der Waals surface area contributed by atoms with Gasteiger partial charge in [0, 0.05) is 10.6 Å². The topological polar surface area (TPSA) is 86.9 Å². The Labute approximate surface area is 173 Å². The molecule has 0 radical (unpaired) electrons. The second-order valence-electron chi connectivity index (χ2n) is 6.62. The lowest BCUT2D eigenvalue weighted by atomic mass is 10.1. The second-order valence-corrected chi connectivity index (χ2v) is 7.73. The second kappa shape index (κ2) is 8.42. The maximum Gasteiger partial charge on any atom is 0.229 e. The standard InChI is InChI=1S/C21H16F2N4O2S/c22-13-6-4-12(5-7-13)8-18(28)25-20-17-10-16(30-21(17)27-26-20)11-19(29)24-15-3-1-2-14(23)9-15/h1-7,9-10H,8,11H2,(H,24,29)(H2,25,26,27,28). The number of nitrogens with zero attached hydrogens (tertiary/aromatic N) is 1. The first-order valence-corrected chi connectivity index (χ1v) is 9.84. The van der Waals surface area contributed by atoms with Crippen LogP contribution in [0.3, 0.4) is 0 Å². The first kappa shape index (κ1) is 19.7. The number of hydrogen-bond acceptors (Lipinski definition) is 4. The Kier molecular flexibility index (Phi) is 5.53. The van der Waals surface area contributed by atoms with Gasteiger partial charge in [0.05, 0.1) is 18.2 Å². The van der Waals surface area contributed by atoms with Crippen molar-refractivity contribution in [3.05, 3.63) is 76.7 Å². The van der Waals surface area contributed by atoms with Crippen LogP contribution in [-0.4, -0.2) is 22.0 Å². The Morgan fingerprint density at radius 2 is 1.70 bits per heavy atom. The zero-order valence-corrected chi connectivity index (χ0v) is 16.4. The van der Waals surface area contributed by atoms with Gasteiger partial charge in [-0.2, -0.15) is 5.10 Å². The van der Waals surface area contributed by atoms with E-state index in [0.717, 1.165) is 4.88 Å². The largest absolute Gasteiger partial charge is 0.326 e. The lowest BCUT2D eigenvalue weighted by Gasteiger charge is -2.04. The van der Waals surface area contributed by atoms with Crippen molar-refractivity contribution in [3.8, 4) is 0 Å². The quantitative estimate of drug-likeness (QED) is 0.430. The van der Waals surface area contributed by atoms with E-state index in [1.165, 1.54) is 41.7 Å². The van der Waals surface area contributed by atoms with Gasteiger partial charge in [-0.05, 0) is 42.0 Å². The van der Waals surface area contributed by atoms with E-state index in [4.69, 9.17) is 0 Å². The SMILES string of the molecule is O=C(Cc1cc2c(NC(=O)Cc3ccc(F)cc3)[nH]nc2s1)Nc1cccc(F)c1. The van der Waals surface area contributed by atoms with Crippen LogP contribution >= 0.6 is 11.3 Å². The van der Waals surface area contributed by atoms with Gasteiger partial charge in [-0.3, -0.25) is 14.7 Å². The number of carbonyl (C=O) groups excluding carboxylic acids is 2. The van der Waals surface area contributed by atoms with Gasteiger partial charge in [-0.15, -0.1) is 11.3 Å². The van der Waals surface area contributed by atoms with Gasteiger partial charge in [0.15, 0.2) is 0 Å². The minimum absolute atomic E-state index is 0.0911. The molecule has 0 atom stereocenters. The fourth-order valence-corrected chi connectivity index (χ4v) is 3.93. The van der Waals surface area contributed by atoms with Crippen LogP contribution in [0.1, 0.15) is 10.4 Å². The molecule has 0 fully saturated rings. The van der Waals surface area contributed by atoms with Crippen LogP contribution in [0, 0.1) is 11.6 Å². The minimum atomic E-state index is -0.427. The number of thiophene rings is 1. The molecule has 3 N–H and O–H groups in total. The summed E-state index contributed by atoms with van der Waals surface area (Å²) in [5.41, 5.74) is 1.07. The molecular weight excluding hydrogens is 410 g/mol. The maximum atomic E-state index is 13.2. The van der Waals surface area contributed by atoms with Crippen LogP contribution in [0.5, 0.6) is 0 Å². The molecule has 0 spiro atoms. The number of fused-ring (bicyclic) bond motifs is 1. The first-order chi connectivity index (χ1) is 14.5. The maximum absolute atomic E-state index is 13.2. The van der Waals surface area contributed by atoms with Gasteiger partial charge in [0.2, 0.25) is 11.8 Å². The van der Waals surface area contributed by atoms with Gasteiger partial charge in [-0.1, -0.05) is 18.2 Å². The molecule has 4 rings (SSSR count). The highest BCUT2D eigenvalue weighted by atomic mass is 32.1. The summed E-state index contributed by atoms with van der Waals surface area (Å²) in [6, 6.07) is 13.2. The number of aromatic nitrogens is 2.